The molecule has 0 saturated heterocycles. The summed E-state index contributed by atoms with van der Waals surface area (Å²) in [5.74, 6) is 2.33. The van der Waals surface area contributed by atoms with E-state index in [1.807, 2.05) is 6.07 Å². The number of hydrogen-bond acceptors (Lipinski definition) is 4. The van der Waals surface area contributed by atoms with Gasteiger partial charge in [-0.3, -0.25) is 0 Å². The number of ether oxygens (including phenoxy) is 3. The average molecular weight is 358 g/mol. The molecular weight excluding hydrogens is 334 g/mol. The van der Waals surface area contributed by atoms with E-state index in [-0.39, 0.29) is 0 Å². The van der Waals surface area contributed by atoms with Crippen LogP contribution in [0.1, 0.15) is 24.8 Å². The van der Waals surface area contributed by atoms with Gasteiger partial charge >= 0.3 is 0 Å². The molecule has 1 saturated carbocycles. The first kappa shape index (κ1) is 16.6. The van der Waals surface area contributed by atoms with Crippen LogP contribution in [0.2, 0.25) is 0 Å². The van der Waals surface area contributed by atoms with Crippen molar-refractivity contribution in [1.82, 2.24) is 5.32 Å². The number of methoxy groups -OCH3 is 2. The van der Waals surface area contributed by atoms with E-state index in [2.05, 4.69) is 27.3 Å². The van der Waals surface area contributed by atoms with Crippen LogP contribution >= 0.6 is 15.9 Å². The van der Waals surface area contributed by atoms with Crippen LogP contribution in [-0.2, 0) is 11.3 Å². The lowest BCUT2D eigenvalue weighted by Crippen LogP contribution is -2.16. The summed E-state index contributed by atoms with van der Waals surface area (Å²) in [5, 5.41) is 3.42. The average Bonchev–Trinajstić information content (AvgIpc) is 3.29. The molecule has 118 valence electrons. The van der Waals surface area contributed by atoms with Gasteiger partial charge in [0.15, 0.2) is 11.5 Å². The Bertz CT molecular complexity index is 449. The van der Waals surface area contributed by atoms with Crippen LogP contribution < -0.4 is 14.8 Å². The second-order valence-corrected chi connectivity index (χ2v) is 6.22. The summed E-state index contributed by atoms with van der Waals surface area (Å²) in [6.07, 6.45) is 3.75. The highest BCUT2D eigenvalue weighted by Gasteiger charge is 2.20. The van der Waals surface area contributed by atoms with Crippen molar-refractivity contribution in [1.29, 1.82) is 0 Å². The Morgan fingerprint density at radius 2 is 2.05 bits per heavy atom. The number of nitrogens with one attached hydrogen (secondary N) is 1. The number of benzene rings is 1. The molecular formula is C16H24BrNO3. The molecule has 2 rings (SSSR count). The lowest BCUT2D eigenvalue weighted by molar-refractivity contribution is 0.122. The molecule has 0 aromatic heterocycles. The fourth-order valence-electron chi connectivity index (χ4n) is 2.14. The summed E-state index contributed by atoms with van der Waals surface area (Å²) in [6, 6.07) is 4.05. The van der Waals surface area contributed by atoms with Crippen molar-refractivity contribution in [3.05, 3.63) is 22.2 Å². The minimum atomic E-state index is 0.731. The smallest absolute Gasteiger partial charge is 0.174 e. The predicted molar refractivity (Wildman–Crippen MR) is 87.1 cm³/mol. The minimum Gasteiger partial charge on any atom is -0.493 e. The summed E-state index contributed by atoms with van der Waals surface area (Å²) >= 11 is 3.51. The van der Waals surface area contributed by atoms with Gasteiger partial charge in [-0.1, -0.05) is 0 Å². The molecule has 0 radical (unpaired) electrons. The maximum Gasteiger partial charge on any atom is 0.174 e. The van der Waals surface area contributed by atoms with Gasteiger partial charge in [0.2, 0.25) is 0 Å². The predicted octanol–water partition coefficient (Wildman–Crippen LogP) is 3.37. The van der Waals surface area contributed by atoms with Gasteiger partial charge in [0.05, 0.1) is 18.7 Å². The van der Waals surface area contributed by atoms with Gasteiger partial charge in [-0.15, -0.1) is 0 Å². The molecule has 1 fully saturated rings. The molecule has 5 heteroatoms. The maximum atomic E-state index is 5.61. The van der Waals surface area contributed by atoms with E-state index in [1.54, 1.807) is 14.2 Å². The molecule has 0 unspecified atom stereocenters. The van der Waals surface area contributed by atoms with E-state index >= 15 is 0 Å². The molecule has 0 aliphatic heterocycles. The highest BCUT2D eigenvalue weighted by molar-refractivity contribution is 9.10. The van der Waals surface area contributed by atoms with Crippen LogP contribution in [0.5, 0.6) is 11.5 Å². The zero-order chi connectivity index (χ0) is 15.1. The summed E-state index contributed by atoms with van der Waals surface area (Å²) in [5.41, 5.74) is 1.17. The zero-order valence-corrected chi connectivity index (χ0v) is 14.4. The minimum absolute atomic E-state index is 0.731. The Morgan fingerprint density at radius 1 is 1.24 bits per heavy atom. The van der Waals surface area contributed by atoms with E-state index in [4.69, 9.17) is 14.2 Å². The van der Waals surface area contributed by atoms with Crippen molar-refractivity contribution in [2.75, 3.05) is 34.0 Å². The highest BCUT2D eigenvalue weighted by Crippen LogP contribution is 2.36. The van der Waals surface area contributed by atoms with Crippen LogP contribution in [0.15, 0.2) is 16.6 Å². The van der Waals surface area contributed by atoms with Gasteiger partial charge < -0.3 is 19.5 Å². The van der Waals surface area contributed by atoms with Crippen molar-refractivity contribution in [2.45, 2.75) is 25.8 Å². The van der Waals surface area contributed by atoms with E-state index < -0.39 is 0 Å². The van der Waals surface area contributed by atoms with E-state index in [0.29, 0.717) is 0 Å². The van der Waals surface area contributed by atoms with Crippen molar-refractivity contribution >= 4 is 15.9 Å². The molecule has 1 N–H and O–H groups in total. The molecule has 1 aliphatic carbocycles. The molecule has 1 aromatic carbocycles. The Hall–Kier alpha value is -0.780. The molecule has 0 spiro atoms. The molecule has 1 aromatic rings. The first-order valence-electron chi connectivity index (χ1n) is 7.43. The number of rotatable bonds is 10. The maximum absolute atomic E-state index is 5.61. The lowest BCUT2D eigenvalue weighted by atomic mass is 10.2. The van der Waals surface area contributed by atoms with E-state index in [9.17, 15) is 0 Å². The molecule has 0 atom stereocenters. The summed E-state index contributed by atoms with van der Waals surface area (Å²) in [7, 11) is 3.29. The summed E-state index contributed by atoms with van der Waals surface area (Å²) in [4.78, 5) is 0. The van der Waals surface area contributed by atoms with Crippen LogP contribution in [0.4, 0.5) is 0 Å². The summed E-state index contributed by atoms with van der Waals surface area (Å²) < 4.78 is 17.2. The fourth-order valence-corrected chi connectivity index (χ4v) is 2.79. The van der Waals surface area contributed by atoms with Crippen molar-refractivity contribution in [2.24, 2.45) is 5.92 Å². The Balaban J connectivity index is 1.68. The molecule has 21 heavy (non-hydrogen) atoms. The third-order valence-corrected chi connectivity index (χ3v) is 4.10. The third-order valence-electron chi connectivity index (χ3n) is 3.52. The van der Waals surface area contributed by atoms with Gasteiger partial charge in [0.25, 0.3) is 0 Å². The van der Waals surface area contributed by atoms with Gasteiger partial charge in [0, 0.05) is 19.8 Å². The monoisotopic (exact) mass is 357 g/mol. The quantitative estimate of drug-likeness (QED) is 0.651. The third kappa shape index (κ3) is 5.49. The fraction of sp³-hybridized carbons (Fsp3) is 0.625. The first-order valence-corrected chi connectivity index (χ1v) is 8.22. The normalized spacial score (nSPS) is 14.2. The molecule has 0 heterocycles. The topological polar surface area (TPSA) is 39.7 Å². The number of hydrogen-bond donors (Lipinski definition) is 1. The molecule has 0 amide bonds. The van der Waals surface area contributed by atoms with Gasteiger partial charge in [-0.25, -0.2) is 0 Å². The largest absolute Gasteiger partial charge is 0.493 e. The standard InChI is InChI=1S/C16H24BrNO3/c1-19-15-9-13(8-14(17)16(15)20-2)10-18-6-3-7-21-11-12-4-5-12/h8-9,12,18H,3-7,10-11H2,1-2H3. The zero-order valence-electron chi connectivity index (χ0n) is 12.8. The first-order chi connectivity index (χ1) is 10.2. The second kappa shape index (κ2) is 8.61. The van der Waals surface area contributed by atoms with Gasteiger partial charge in [-0.2, -0.15) is 0 Å². The lowest BCUT2D eigenvalue weighted by Gasteiger charge is -2.12. The SMILES string of the molecule is COc1cc(CNCCCOCC2CC2)cc(Br)c1OC. The highest BCUT2D eigenvalue weighted by atomic mass is 79.9. The van der Waals surface area contributed by atoms with Gasteiger partial charge in [-0.05, 0) is 65.4 Å². The van der Waals surface area contributed by atoms with Crippen LogP contribution in [-0.4, -0.2) is 34.0 Å². The molecule has 0 bridgehead atoms. The van der Waals surface area contributed by atoms with Gasteiger partial charge in [0.1, 0.15) is 0 Å². The summed E-state index contributed by atoms with van der Waals surface area (Å²) in [6.45, 7) is 3.56. The van der Waals surface area contributed by atoms with Crippen molar-refractivity contribution < 1.29 is 14.2 Å². The van der Waals surface area contributed by atoms with Crippen LogP contribution in [0, 0.1) is 5.92 Å². The Morgan fingerprint density at radius 3 is 2.71 bits per heavy atom. The molecule has 1 aliphatic rings. The Kier molecular flexibility index (Phi) is 6.80. The number of halogens is 1. The van der Waals surface area contributed by atoms with E-state index in [0.717, 1.165) is 54.6 Å². The second-order valence-electron chi connectivity index (χ2n) is 5.36. The van der Waals surface area contributed by atoms with E-state index in [1.165, 1.54) is 18.4 Å². The van der Waals surface area contributed by atoms with Crippen LogP contribution in [0.3, 0.4) is 0 Å². The van der Waals surface area contributed by atoms with Crippen molar-refractivity contribution in [3.8, 4) is 11.5 Å². The van der Waals surface area contributed by atoms with Crippen LogP contribution in [0.25, 0.3) is 0 Å². The Labute approximate surface area is 135 Å². The molecule has 4 nitrogen and oxygen atoms in total. The van der Waals surface area contributed by atoms with Crippen molar-refractivity contribution in [3.63, 3.8) is 0 Å².